The van der Waals surface area contributed by atoms with Gasteiger partial charge in [0.1, 0.15) is 18.3 Å². The number of fused-ring (bicyclic) bond motifs is 1. The summed E-state index contributed by atoms with van der Waals surface area (Å²) in [7, 11) is 0. The van der Waals surface area contributed by atoms with Crippen LogP contribution < -0.4 is 0 Å². The highest BCUT2D eigenvalue weighted by Gasteiger charge is 2.54. The summed E-state index contributed by atoms with van der Waals surface area (Å²) < 4.78 is 43.7. The van der Waals surface area contributed by atoms with E-state index in [0.29, 0.717) is 18.6 Å². The summed E-state index contributed by atoms with van der Waals surface area (Å²) >= 11 is 1.45. The van der Waals surface area contributed by atoms with Gasteiger partial charge in [-0.05, 0) is 25.5 Å². The molecule has 2 amide bonds. The Labute approximate surface area is 141 Å². The van der Waals surface area contributed by atoms with Crippen molar-refractivity contribution in [2.45, 2.75) is 43.4 Å². The Balaban J connectivity index is 1.81. The van der Waals surface area contributed by atoms with Crippen molar-refractivity contribution >= 4 is 23.6 Å². The Hall–Kier alpha value is -1.64. The van der Waals surface area contributed by atoms with Crippen LogP contribution in [0.2, 0.25) is 0 Å². The topological polar surface area (TPSA) is 53.8 Å². The maximum Gasteiger partial charge on any atom is 0.406 e. The van der Waals surface area contributed by atoms with Crippen molar-refractivity contribution in [1.82, 2.24) is 9.80 Å². The monoisotopic (exact) mass is 362 g/mol. The largest absolute Gasteiger partial charge is 0.467 e. The third-order valence-electron chi connectivity index (χ3n) is 4.34. The normalized spacial score (nSPS) is 26.8. The highest BCUT2D eigenvalue weighted by Crippen LogP contribution is 2.47. The summed E-state index contributed by atoms with van der Waals surface area (Å²) in [5.74, 6) is -0.275. The molecule has 3 rings (SSSR count). The van der Waals surface area contributed by atoms with Gasteiger partial charge in [-0.15, -0.1) is 11.8 Å². The third kappa shape index (κ3) is 3.26. The number of rotatable bonds is 4. The van der Waals surface area contributed by atoms with Crippen molar-refractivity contribution in [2.24, 2.45) is 0 Å². The van der Waals surface area contributed by atoms with Gasteiger partial charge in [0.25, 0.3) is 0 Å². The second-order valence-electron chi connectivity index (χ2n) is 6.15. The molecular formula is C15H17F3N2O3S. The third-order valence-corrected chi connectivity index (χ3v) is 5.84. The van der Waals surface area contributed by atoms with Gasteiger partial charge >= 0.3 is 6.18 Å². The smallest absolute Gasteiger partial charge is 0.406 e. The molecule has 0 spiro atoms. The summed E-state index contributed by atoms with van der Waals surface area (Å²) in [4.78, 5) is 26.6. The van der Waals surface area contributed by atoms with Crippen LogP contribution >= 0.6 is 11.8 Å². The van der Waals surface area contributed by atoms with Gasteiger partial charge in [-0.25, -0.2) is 0 Å². The fourth-order valence-corrected chi connectivity index (χ4v) is 4.66. The molecule has 0 radical (unpaired) electrons. The molecule has 2 fully saturated rings. The lowest BCUT2D eigenvalue weighted by atomic mass is 10.2. The maximum atomic E-state index is 12.9. The molecule has 3 heterocycles. The molecule has 2 saturated heterocycles. The van der Waals surface area contributed by atoms with Crippen LogP contribution in [0.25, 0.3) is 0 Å². The number of hydrogen-bond donors (Lipinski definition) is 0. The van der Waals surface area contributed by atoms with E-state index in [0.717, 1.165) is 4.90 Å². The Kier molecular flexibility index (Phi) is 4.31. The summed E-state index contributed by atoms with van der Waals surface area (Å²) in [5.41, 5.74) is 0. The van der Waals surface area contributed by atoms with Crippen LogP contribution in [-0.2, 0) is 16.1 Å². The van der Waals surface area contributed by atoms with Gasteiger partial charge < -0.3 is 14.2 Å². The Morgan fingerprint density at radius 1 is 1.54 bits per heavy atom. The van der Waals surface area contributed by atoms with E-state index in [-0.39, 0.29) is 18.2 Å². The fraction of sp³-hybridized carbons (Fsp3) is 0.600. The number of halogens is 3. The van der Waals surface area contributed by atoms with Gasteiger partial charge in [-0.2, -0.15) is 13.2 Å². The molecule has 5 nitrogen and oxygen atoms in total. The van der Waals surface area contributed by atoms with Crippen LogP contribution in [0.4, 0.5) is 13.2 Å². The van der Waals surface area contributed by atoms with E-state index in [1.54, 1.807) is 6.07 Å². The summed E-state index contributed by atoms with van der Waals surface area (Å²) in [6.45, 7) is 0.216. The molecule has 0 aliphatic carbocycles. The number of thioether (sulfide) groups is 1. The zero-order valence-electron chi connectivity index (χ0n) is 13.0. The van der Waals surface area contributed by atoms with Crippen molar-refractivity contribution < 1.29 is 27.2 Å². The minimum absolute atomic E-state index is 0.175. The average molecular weight is 362 g/mol. The zero-order valence-corrected chi connectivity index (χ0v) is 13.8. The molecule has 0 aromatic carbocycles. The molecular weight excluding hydrogens is 345 g/mol. The first-order chi connectivity index (χ1) is 11.2. The minimum atomic E-state index is -4.52. The average Bonchev–Trinajstić information content (AvgIpc) is 3.15. The zero-order chi connectivity index (χ0) is 17.5. The van der Waals surface area contributed by atoms with Crippen LogP contribution in [0.1, 0.15) is 25.5 Å². The highest BCUT2D eigenvalue weighted by atomic mass is 32.2. The van der Waals surface area contributed by atoms with Crippen molar-refractivity contribution in [2.75, 3.05) is 12.3 Å². The van der Waals surface area contributed by atoms with E-state index in [1.807, 2.05) is 6.92 Å². The molecule has 2 unspecified atom stereocenters. The van der Waals surface area contributed by atoms with Crippen molar-refractivity contribution in [3.05, 3.63) is 24.2 Å². The van der Waals surface area contributed by atoms with Crippen LogP contribution in [0, 0.1) is 0 Å². The SMILES string of the molecule is CC12CCC(=O)N1C(C(=O)N(Cc1ccco1)CC(F)(F)F)CS2. The van der Waals surface area contributed by atoms with E-state index in [4.69, 9.17) is 4.42 Å². The van der Waals surface area contributed by atoms with Crippen LogP contribution in [-0.4, -0.2) is 51.0 Å². The molecule has 2 atom stereocenters. The van der Waals surface area contributed by atoms with Crippen molar-refractivity contribution in [1.29, 1.82) is 0 Å². The summed E-state index contributed by atoms with van der Waals surface area (Å²) in [6, 6.07) is 2.22. The van der Waals surface area contributed by atoms with E-state index in [9.17, 15) is 22.8 Å². The summed E-state index contributed by atoms with van der Waals surface area (Å²) in [6.07, 6.45) is -2.24. The van der Waals surface area contributed by atoms with Gasteiger partial charge in [0.15, 0.2) is 0 Å². The number of furan rings is 1. The second kappa shape index (κ2) is 6.02. The van der Waals surface area contributed by atoms with Gasteiger partial charge in [0.05, 0.1) is 17.7 Å². The molecule has 2 aliphatic heterocycles. The van der Waals surface area contributed by atoms with E-state index < -0.39 is 29.5 Å². The predicted molar refractivity (Wildman–Crippen MR) is 80.9 cm³/mol. The van der Waals surface area contributed by atoms with Gasteiger partial charge in [0.2, 0.25) is 11.8 Å². The van der Waals surface area contributed by atoms with Gasteiger partial charge in [-0.1, -0.05) is 0 Å². The first kappa shape index (κ1) is 17.2. The van der Waals surface area contributed by atoms with Crippen LogP contribution in [0.15, 0.2) is 22.8 Å². The Bertz CT molecular complexity index is 634. The predicted octanol–water partition coefficient (Wildman–Crippen LogP) is 2.62. The van der Waals surface area contributed by atoms with Crippen LogP contribution in [0.3, 0.4) is 0 Å². The van der Waals surface area contributed by atoms with Crippen molar-refractivity contribution in [3.8, 4) is 0 Å². The number of amides is 2. The van der Waals surface area contributed by atoms with Gasteiger partial charge in [0, 0.05) is 12.2 Å². The van der Waals surface area contributed by atoms with E-state index in [2.05, 4.69) is 0 Å². The quantitative estimate of drug-likeness (QED) is 0.826. The number of carbonyl (C=O) groups excluding carboxylic acids is 2. The minimum Gasteiger partial charge on any atom is -0.467 e. The lowest BCUT2D eigenvalue weighted by molar-refractivity contribution is -0.166. The van der Waals surface area contributed by atoms with Crippen molar-refractivity contribution in [3.63, 3.8) is 0 Å². The standard InChI is InChI=1S/C15H17F3N2O3S/c1-14-5-4-12(21)20(14)11(8-24-14)13(22)19(9-15(16,17)18)7-10-3-2-6-23-10/h2-3,6,11H,4-5,7-9H2,1H3. The second-order valence-corrected chi connectivity index (χ2v) is 7.66. The number of carbonyl (C=O) groups is 2. The molecule has 132 valence electrons. The molecule has 0 saturated carbocycles. The molecule has 24 heavy (non-hydrogen) atoms. The molecule has 9 heteroatoms. The number of nitrogens with zero attached hydrogens (tertiary/aromatic N) is 2. The fourth-order valence-electron chi connectivity index (χ4n) is 3.23. The molecule has 2 aliphatic rings. The maximum absolute atomic E-state index is 12.9. The van der Waals surface area contributed by atoms with E-state index in [1.165, 1.54) is 29.0 Å². The first-order valence-electron chi connectivity index (χ1n) is 7.54. The van der Waals surface area contributed by atoms with E-state index >= 15 is 0 Å². The number of hydrogen-bond acceptors (Lipinski definition) is 4. The molecule has 1 aromatic rings. The number of alkyl halides is 3. The lowest BCUT2D eigenvalue weighted by Crippen LogP contribution is -2.52. The Morgan fingerprint density at radius 2 is 2.29 bits per heavy atom. The summed E-state index contributed by atoms with van der Waals surface area (Å²) in [5, 5.41) is 0. The molecule has 1 aromatic heterocycles. The molecule has 0 N–H and O–H groups in total. The first-order valence-corrected chi connectivity index (χ1v) is 8.52. The Morgan fingerprint density at radius 3 is 2.92 bits per heavy atom. The highest BCUT2D eigenvalue weighted by molar-refractivity contribution is 8.01. The van der Waals surface area contributed by atoms with Crippen LogP contribution in [0.5, 0.6) is 0 Å². The molecule has 0 bridgehead atoms. The van der Waals surface area contributed by atoms with Gasteiger partial charge in [-0.3, -0.25) is 9.59 Å². The lowest BCUT2D eigenvalue weighted by Gasteiger charge is -2.33.